The zero-order chi connectivity index (χ0) is 12.1. The van der Waals surface area contributed by atoms with Crippen LogP contribution in [0, 0.1) is 0 Å². The second kappa shape index (κ2) is 5.70. The SMILES string of the molecule is C=CCNCc1nc(-c2cncc(Br)c2)no1. The first-order valence-corrected chi connectivity index (χ1v) is 5.84. The standard InChI is InChI=1S/C11H11BrN4O/c1-2-3-13-7-10-15-11(16-17-10)8-4-9(12)6-14-5-8/h2,4-6,13H,1,3,7H2. The fraction of sp³-hybridized carbons (Fsp3) is 0.182. The topological polar surface area (TPSA) is 63.8 Å². The molecule has 0 fully saturated rings. The molecule has 6 heteroatoms. The summed E-state index contributed by atoms with van der Waals surface area (Å²) in [5.74, 6) is 1.08. The van der Waals surface area contributed by atoms with E-state index in [4.69, 9.17) is 4.52 Å². The van der Waals surface area contributed by atoms with Crippen molar-refractivity contribution in [2.75, 3.05) is 6.54 Å². The Kier molecular flexibility index (Phi) is 4.00. The van der Waals surface area contributed by atoms with Crippen molar-refractivity contribution < 1.29 is 4.52 Å². The van der Waals surface area contributed by atoms with E-state index in [0.29, 0.717) is 24.8 Å². The molecule has 0 aliphatic rings. The molecule has 2 aromatic rings. The largest absolute Gasteiger partial charge is 0.338 e. The lowest BCUT2D eigenvalue weighted by Gasteiger charge is -1.94. The minimum atomic E-state index is 0.528. The van der Waals surface area contributed by atoms with Crippen LogP contribution < -0.4 is 5.32 Å². The Balaban J connectivity index is 2.10. The number of pyridine rings is 1. The van der Waals surface area contributed by atoms with Crippen molar-refractivity contribution in [3.05, 3.63) is 41.5 Å². The number of halogens is 1. The molecule has 0 aromatic carbocycles. The van der Waals surface area contributed by atoms with Gasteiger partial charge in [0, 0.05) is 29.0 Å². The Morgan fingerprint density at radius 3 is 3.12 bits per heavy atom. The van der Waals surface area contributed by atoms with Crippen molar-refractivity contribution in [3.8, 4) is 11.4 Å². The van der Waals surface area contributed by atoms with E-state index in [2.05, 4.69) is 43.0 Å². The summed E-state index contributed by atoms with van der Waals surface area (Å²) in [6, 6.07) is 1.89. The maximum atomic E-state index is 5.10. The first kappa shape index (κ1) is 11.9. The number of hydrogen-bond donors (Lipinski definition) is 1. The second-order valence-corrected chi connectivity index (χ2v) is 4.24. The van der Waals surface area contributed by atoms with Gasteiger partial charge in [-0.1, -0.05) is 11.2 Å². The van der Waals surface area contributed by atoms with E-state index in [-0.39, 0.29) is 0 Å². The van der Waals surface area contributed by atoms with Crippen molar-refractivity contribution in [2.45, 2.75) is 6.54 Å². The third-order valence-electron chi connectivity index (χ3n) is 2.00. The van der Waals surface area contributed by atoms with Gasteiger partial charge in [0.05, 0.1) is 6.54 Å². The Labute approximate surface area is 107 Å². The first-order chi connectivity index (χ1) is 8.29. The van der Waals surface area contributed by atoms with Crippen LogP contribution in [0.2, 0.25) is 0 Å². The van der Waals surface area contributed by atoms with Crippen molar-refractivity contribution in [1.82, 2.24) is 20.4 Å². The van der Waals surface area contributed by atoms with Gasteiger partial charge in [-0.3, -0.25) is 4.98 Å². The molecule has 0 radical (unpaired) electrons. The Bertz CT molecular complexity index is 512. The molecule has 5 nitrogen and oxygen atoms in total. The van der Waals surface area contributed by atoms with Crippen molar-refractivity contribution in [3.63, 3.8) is 0 Å². The van der Waals surface area contributed by atoms with E-state index in [9.17, 15) is 0 Å². The van der Waals surface area contributed by atoms with Gasteiger partial charge in [-0.25, -0.2) is 0 Å². The zero-order valence-electron chi connectivity index (χ0n) is 9.06. The van der Waals surface area contributed by atoms with Gasteiger partial charge in [0.2, 0.25) is 11.7 Å². The van der Waals surface area contributed by atoms with Gasteiger partial charge in [0.15, 0.2) is 0 Å². The van der Waals surface area contributed by atoms with Crippen molar-refractivity contribution in [2.24, 2.45) is 0 Å². The minimum Gasteiger partial charge on any atom is -0.338 e. The number of rotatable bonds is 5. The maximum absolute atomic E-state index is 5.10. The minimum absolute atomic E-state index is 0.528. The molecule has 1 N–H and O–H groups in total. The van der Waals surface area contributed by atoms with E-state index in [1.54, 1.807) is 18.5 Å². The normalized spacial score (nSPS) is 10.4. The van der Waals surface area contributed by atoms with Gasteiger partial charge in [-0.15, -0.1) is 6.58 Å². The second-order valence-electron chi connectivity index (χ2n) is 3.32. The summed E-state index contributed by atoms with van der Waals surface area (Å²) in [5, 5.41) is 6.98. The van der Waals surface area contributed by atoms with Gasteiger partial charge in [0.25, 0.3) is 0 Å². The first-order valence-electron chi connectivity index (χ1n) is 5.04. The molecular formula is C11H11BrN4O. The van der Waals surface area contributed by atoms with Crippen molar-refractivity contribution >= 4 is 15.9 Å². The predicted molar refractivity (Wildman–Crippen MR) is 67.1 cm³/mol. The molecule has 0 aliphatic heterocycles. The van der Waals surface area contributed by atoms with Crippen LogP contribution in [0.25, 0.3) is 11.4 Å². The molecule has 0 amide bonds. The molecule has 0 spiro atoms. The number of aromatic nitrogens is 3. The molecular weight excluding hydrogens is 284 g/mol. The van der Waals surface area contributed by atoms with Crippen LogP contribution in [0.1, 0.15) is 5.89 Å². The van der Waals surface area contributed by atoms with E-state index < -0.39 is 0 Å². The van der Waals surface area contributed by atoms with Crippen LogP contribution >= 0.6 is 15.9 Å². The monoisotopic (exact) mass is 294 g/mol. The molecule has 0 atom stereocenters. The zero-order valence-corrected chi connectivity index (χ0v) is 10.6. The predicted octanol–water partition coefficient (Wildman–Crippen LogP) is 2.17. The lowest BCUT2D eigenvalue weighted by molar-refractivity contribution is 0.370. The lowest BCUT2D eigenvalue weighted by atomic mass is 10.3. The highest BCUT2D eigenvalue weighted by Gasteiger charge is 2.08. The molecule has 0 unspecified atom stereocenters. The molecule has 17 heavy (non-hydrogen) atoms. The Morgan fingerprint density at radius 1 is 1.47 bits per heavy atom. The third-order valence-corrected chi connectivity index (χ3v) is 2.43. The molecule has 2 heterocycles. The Morgan fingerprint density at radius 2 is 2.35 bits per heavy atom. The van der Waals surface area contributed by atoms with Crippen LogP contribution in [-0.4, -0.2) is 21.7 Å². The molecule has 2 aromatic heterocycles. The van der Waals surface area contributed by atoms with Gasteiger partial charge in [0.1, 0.15) is 0 Å². The fourth-order valence-corrected chi connectivity index (χ4v) is 1.62. The molecule has 88 valence electrons. The maximum Gasteiger partial charge on any atom is 0.240 e. The summed E-state index contributed by atoms with van der Waals surface area (Å²) in [5.41, 5.74) is 0.818. The van der Waals surface area contributed by atoms with E-state index in [1.165, 1.54) is 0 Å². The molecule has 0 saturated heterocycles. The highest BCUT2D eigenvalue weighted by molar-refractivity contribution is 9.10. The summed E-state index contributed by atoms with van der Waals surface area (Å²) in [7, 11) is 0. The lowest BCUT2D eigenvalue weighted by Crippen LogP contribution is -2.12. The van der Waals surface area contributed by atoms with Gasteiger partial charge >= 0.3 is 0 Å². The van der Waals surface area contributed by atoms with Crippen LogP contribution in [0.3, 0.4) is 0 Å². The number of hydrogen-bond acceptors (Lipinski definition) is 5. The van der Waals surface area contributed by atoms with Crippen LogP contribution in [0.4, 0.5) is 0 Å². The summed E-state index contributed by atoms with van der Waals surface area (Å²) in [4.78, 5) is 8.31. The number of nitrogens with one attached hydrogen (secondary N) is 1. The molecule has 0 aliphatic carbocycles. The summed E-state index contributed by atoms with van der Waals surface area (Å²) in [6.07, 6.45) is 5.17. The average Bonchev–Trinajstić information content (AvgIpc) is 2.78. The molecule has 0 saturated carbocycles. The van der Waals surface area contributed by atoms with Crippen LogP contribution in [0.5, 0.6) is 0 Å². The Hall–Kier alpha value is -1.53. The quantitative estimate of drug-likeness (QED) is 0.676. The average molecular weight is 295 g/mol. The van der Waals surface area contributed by atoms with Crippen molar-refractivity contribution in [1.29, 1.82) is 0 Å². The van der Waals surface area contributed by atoms with E-state index >= 15 is 0 Å². The summed E-state index contributed by atoms with van der Waals surface area (Å²) in [6.45, 7) is 4.84. The third kappa shape index (κ3) is 3.21. The molecule has 0 bridgehead atoms. The smallest absolute Gasteiger partial charge is 0.240 e. The highest BCUT2D eigenvalue weighted by Crippen LogP contribution is 2.18. The van der Waals surface area contributed by atoms with Gasteiger partial charge < -0.3 is 9.84 Å². The summed E-state index contributed by atoms with van der Waals surface area (Å²) >= 11 is 3.35. The summed E-state index contributed by atoms with van der Waals surface area (Å²) < 4.78 is 5.99. The van der Waals surface area contributed by atoms with Crippen LogP contribution in [0.15, 0.2) is 40.1 Å². The number of nitrogens with zero attached hydrogens (tertiary/aromatic N) is 3. The van der Waals surface area contributed by atoms with Crippen LogP contribution in [-0.2, 0) is 6.54 Å². The van der Waals surface area contributed by atoms with Gasteiger partial charge in [-0.2, -0.15) is 4.98 Å². The highest BCUT2D eigenvalue weighted by atomic mass is 79.9. The van der Waals surface area contributed by atoms with E-state index in [0.717, 1.165) is 10.0 Å². The van der Waals surface area contributed by atoms with E-state index in [1.807, 2.05) is 6.07 Å². The fourth-order valence-electron chi connectivity index (χ4n) is 1.26. The van der Waals surface area contributed by atoms with Gasteiger partial charge in [-0.05, 0) is 22.0 Å². The molecule has 2 rings (SSSR count).